The fourth-order valence-electron chi connectivity index (χ4n) is 4.11. The summed E-state index contributed by atoms with van der Waals surface area (Å²) in [5, 5.41) is 5.02. The van der Waals surface area contributed by atoms with Gasteiger partial charge in [0.1, 0.15) is 6.54 Å². The van der Waals surface area contributed by atoms with E-state index in [9.17, 15) is 9.59 Å². The number of carbonyl (C=O) groups excluding carboxylic acids is 2. The Morgan fingerprint density at radius 2 is 1.70 bits per heavy atom. The standard InChI is InChI=1S/C29H37N3O4S/c1-5-16-32(29(34)30-25-12-8-7-10-23(25)6-2)21-28(33)31(20-24-11-9-18-37-24)17-15-22-13-14-26(35-3)27(19-22)36-4/h7-14,18-19H,5-6,15-17,20-21H2,1-4H3,(H,30,34). The number of anilines is 1. The van der Waals surface area contributed by atoms with Crippen LogP contribution < -0.4 is 14.8 Å². The molecule has 198 valence electrons. The van der Waals surface area contributed by atoms with Gasteiger partial charge in [-0.1, -0.05) is 44.2 Å². The van der Waals surface area contributed by atoms with Crippen molar-refractivity contribution in [3.05, 3.63) is 76.0 Å². The van der Waals surface area contributed by atoms with Crippen LogP contribution in [0.2, 0.25) is 0 Å². The van der Waals surface area contributed by atoms with Crippen LogP contribution >= 0.6 is 11.3 Å². The van der Waals surface area contributed by atoms with E-state index in [1.807, 2.05) is 71.8 Å². The zero-order valence-electron chi connectivity index (χ0n) is 22.2. The van der Waals surface area contributed by atoms with Crippen LogP contribution in [-0.2, 0) is 24.2 Å². The summed E-state index contributed by atoms with van der Waals surface area (Å²) in [4.78, 5) is 31.3. The fraction of sp³-hybridized carbons (Fsp3) is 0.379. The third-order valence-corrected chi connectivity index (χ3v) is 7.01. The van der Waals surface area contributed by atoms with E-state index in [0.29, 0.717) is 37.6 Å². The first-order valence-corrected chi connectivity index (χ1v) is 13.5. The molecule has 3 amide bonds. The van der Waals surface area contributed by atoms with E-state index in [1.165, 1.54) is 0 Å². The molecular weight excluding hydrogens is 486 g/mol. The first-order chi connectivity index (χ1) is 18.0. The highest BCUT2D eigenvalue weighted by molar-refractivity contribution is 7.09. The summed E-state index contributed by atoms with van der Waals surface area (Å²) in [6.07, 6.45) is 2.22. The lowest BCUT2D eigenvalue weighted by Crippen LogP contribution is -2.45. The van der Waals surface area contributed by atoms with Crippen molar-refractivity contribution in [1.82, 2.24) is 9.80 Å². The second-order valence-electron chi connectivity index (χ2n) is 8.70. The van der Waals surface area contributed by atoms with Crippen molar-refractivity contribution in [2.45, 2.75) is 39.7 Å². The molecule has 3 aromatic rings. The van der Waals surface area contributed by atoms with Crippen LogP contribution in [0, 0.1) is 0 Å². The van der Waals surface area contributed by atoms with Gasteiger partial charge in [-0.15, -0.1) is 11.3 Å². The lowest BCUT2D eigenvalue weighted by atomic mass is 10.1. The summed E-state index contributed by atoms with van der Waals surface area (Å²) >= 11 is 1.62. The van der Waals surface area contributed by atoms with Gasteiger partial charge in [0, 0.05) is 23.7 Å². The van der Waals surface area contributed by atoms with Crippen molar-refractivity contribution < 1.29 is 19.1 Å². The molecule has 7 nitrogen and oxygen atoms in total. The Bertz CT molecular complexity index is 1150. The molecular formula is C29H37N3O4S. The number of urea groups is 1. The van der Waals surface area contributed by atoms with Crippen LogP contribution in [0.25, 0.3) is 0 Å². The zero-order valence-corrected chi connectivity index (χ0v) is 23.0. The molecule has 0 atom stereocenters. The number of aryl methyl sites for hydroxylation is 1. The number of amides is 3. The van der Waals surface area contributed by atoms with Crippen molar-refractivity contribution in [1.29, 1.82) is 0 Å². The van der Waals surface area contributed by atoms with E-state index >= 15 is 0 Å². The second kappa shape index (κ2) is 14.3. The normalized spacial score (nSPS) is 10.6. The van der Waals surface area contributed by atoms with Gasteiger partial charge < -0.3 is 24.6 Å². The minimum atomic E-state index is -0.257. The quantitative estimate of drug-likeness (QED) is 0.305. The van der Waals surface area contributed by atoms with Gasteiger partial charge in [0.25, 0.3) is 0 Å². The van der Waals surface area contributed by atoms with Crippen LogP contribution in [0.3, 0.4) is 0 Å². The minimum absolute atomic E-state index is 0.0191. The lowest BCUT2D eigenvalue weighted by Gasteiger charge is -2.28. The maximum atomic E-state index is 13.5. The molecule has 0 aliphatic heterocycles. The Kier molecular flexibility index (Phi) is 10.8. The average Bonchev–Trinajstić information content (AvgIpc) is 3.44. The largest absolute Gasteiger partial charge is 0.493 e. The van der Waals surface area contributed by atoms with Crippen molar-refractivity contribution >= 4 is 29.0 Å². The minimum Gasteiger partial charge on any atom is -0.493 e. The van der Waals surface area contributed by atoms with E-state index in [2.05, 4.69) is 12.2 Å². The number of hydrogen-bond donors (Lipinski definition) is 1. The Hall–Kier alpha value is -3.52. The number of para-hydroxylation sites is 1. The number of nitrogens with zero attached hydrogens (tertiary/aromatic N) is 2. The summed E-state index contributed by atoms with van der Waals surface area (Å²) < 4.78 is 10.8. The predicted molar refractivity (Wildman–Crippen MR) is 150 cm³/mol. The first-order valence-electron chi connectivity index (χ1n) is 12.6. The molecule has 0 bridgehead atoms. The number of carbonyl (C=O) groups is 2. The predicted octanol–water partition coefficient (Wildman–Crippen LogP) is 5.84. The van der Waals surface area contributed by atoms with E-state index in [4.69, 9.17) is 9.47 Å². The Morgan fingerprint density at radius 1 is 0.919 bits per heavy atom. The Labute approximate surface area is 224 Å². The molecule has 1 N–H and O–H groups in total. The second-order valence-corrected chi connectivity index (χ2v) is 9.73. The van der Waals surface area contributed by atoms with Gasteiger partial charge in [-0.2, -0.15) is 0 Å². The summed E-state index contributed by atoms with van der Waals surface area (Å²) in [5.74, 6) is 1.25. The van der Waals surface area contributed by atoms with Gasteiger partial charge in [0.15, 0.2) is 11.5 Å². The molecule has 0 aliphatic carbocycles. The maximum absolute atomic E-state index is 13.5. The van der Waals surface area contributed by atoms with Crippen LogP contribution in [0.15, 0.2) is 60.0 Å². The van der Waals surface area contributed by atoms with Gasteiger partial charge in [-0.25, -0.2) is 4.79 Å². The smallest absolute Gasteiger partial charge is 0.322 e. The molecule has 0 saturated heterocycles. The molecule has 0 spiro atoms. The first kappa shape index (κ1) is 28.1. The third kappa shape index (κ3) is 7.98. The SMILES string of the molecule is CCCN(CC(=O)N(CCc1ccc(OC)c(OC)c1)Cc1cccs1)C(=O)Nc1ccccc1CC. The maximum Gasteiger partial charge on any atom is 0.322 e. The number of rotatable bonds is 13. The van der Waals surface area contributed by atoms with Crippen molar-refractivity contribution in [2.24, 2.45) is 0 Å². The van der Waals surface area contributed by atoms with Gasteiger partial charge in [-0.05, 0) is 60.0 Å². The van der Waals surface area contributed by atoms with E-state index in [0.717, 1.165) is 34.5 Å². The number of methoxy groups -OCH3 is 2. The van der Waals surface area contributed by atoms with E-state index in [1.54, 1.807) is 30.5 Å². The monoisotopic (exact) mass is 523 g/mol. The molecule has 0 aliphatic rings. The van der Waals surface area contributed by atoms with Crippen molar-refractivity contribution in [2.75, 3.05) is 39.2 Å². The van der Waals surface area contributed by atoms with E-state index in [-0.39, 0.29) is 18.5 Å². The van der Waals surface area contributed by atoms with Crippen LogP contribution in [0.4, 0.5) is 10.5 Å². The summed E-state index contributed by atoms with van der Waals surface area (Å²) in [7, 11) is 3.22. The molecule has 1 aromatic heterocycles. The van der Waals surface area contributed by atoms with Gasteiger partial charge in [-0.3, -0.25) is 4.79 Å². The molecule has 1 heterocycles. The lowest BCUT2D eigenvalue weighted by molar-refractivity contribution is -0.132. The summed E-state index contributed by atoms with van der Waals surface area (Å²) in [6, 6.07) is 17.3. The average molecular weight is 524 g/mol. The molecule has 0 saturated carbocycles. The fourth-order valence-corrected chi connectivity index (χ4v) is 4.83. The molecule has 0 unspecified atom stereocenters. The molecule has 0 fully saturated rings. The van der Waals surface area contributed by atoms with Crippen LogP contribution in [0.5, 0.6) is 11.5 Å². The molecule has 37 heavy (non-hydrogen) atoms. The summed E-state index contributed by atoms with van der Waals surface area (Å²) in [5.41, 5.74) is 2.89. The molecule has 3 rings (SSSR count). The zero-order chi connectivity index (χ0) is 26.6. The van der Waals surface area contributed by atoms with Crippen LogP contribution in [0.1, 0.15) is 36.3 Å². The number of benzene rings is 2. The van der Waals surface area contributed by atoms with Crippen LogP contribution in [-0.4, -0.2) is 55.6 Å². The number of ether oxygens (including phenoxy) is 2. The van der Waals surface area contributed by atoms with E-state index < -0.39 is 0 Å². The molecule has 2 aromatic carbocycles. The Balaban J connectivity index is 1.73. The highest BCUT2D eigenvalue weighted by Crippen LogP contribution is 2.28. The Morgan fingerprint density at radius 3 is 2.38 bits per heavy atom. The van der Waals surface area contributed by atoms with Gasteiger partial charge >= 0.3 is 6.03 Å². The highest BCUT2D eigenvalue weighted by Gasteiger charge is 2.22. The third-order valence-electron chi connectivity index (χ3n) is 6.14. The molecule has 0 radical (unpaired) electrons. The van der Waals surface area contributed by atoms with Gasteiger partial charge in [0.2, 0.25) is 5.91 Å². The number of nitrogens with one attached hydrogen (secondary N) is 1. The number of hydrogen-bond acceptors (Lipinski definition) is 5. The van der Waals surface area contributed by atoms with Crippen molar-refractivity contribution in [3.63, 3.8) is 0 Å². The number of thiophene rings is 1. The molecule has 8 heteroatoms. The van der Waals surface area contributed by atoms with Crippen molar-refractivity contribution in [3.8, 4) is 11.5 Å². The summed E-state index contributed by atoms with van der Waals surface area (Å²) in [6.45, 7) is 5.60. The topological polar surface area (TPSA) is 71.1 Å². The van der Waals surface area contributed by atoms with Gasteiger partial charge in [0.05, 0.1) is 20.8 Å². The highest BCUT2D eigenvalue weighted by atomic mass is 32.1.